The zero-order chi connectivity index (χ0) is 14.8. The highest BCUT2D eigenvalue weighted by Crippen LogP contribution is 2.28. The number of hydrogen-bond donors (Lipinski definition) is 0. The van der Waals surface area contributed by atoms with Crippen LogP contribution >= 0.6 is 11.6 Å². The van der Waals surface area contributed by atoms with Crippen LogP contribution in [0.3, 0.4) is 0 Å². The van der Waals surface area contributed by atoms with Gasteiger partial charge in [-0.25, -0.2) is 4.98 Å². The first-order valence-electron chi connectivity index (χ1n) is 7.55. The van der Waals surface area contributed by atoms with Gasteiger partial charge in [-0.15, -0.1) is 11.6 Å². The SMILES string of the molecule is CN1CCCC(N(C)c2nc(CCl)cc3ccccc23)C1. The van der Waals surface area contributed by atoms with Crippen LogP contribution in [0.5, 0.6) is 0 Å². The first kappa shape index (κ1) is 14.6. The standard InChI is InChI=1S/C17H22ClN3/c1-20-9-5-7-15(12-20)21(2)17-16-8-4-3-6-13(16)10-14(11-18)19-17/h3-4,6,8,10,15H,5,7,9,11-12H2,1-2H3. The maximum absolute atomic E-state index is 6.02. The maximum atomic E-state index is 6.02. The first-order valence-corrected chi connectivity index (χ1v) is 8.08. The molecule has 1 fully saturated rings. The smallest absolute Gasteiger partial charge is 0.136 e. The minimum atomic E-state index is 0.455. The average molecular weight is 304 g/mol. The number of alkyl halides is 1. The van der Waals surface area contributed by atoms with Crippen molar-refractivity contribution in [3.8, 4) is 0 Å². The lowest BCUT2D eigenvalue weighted by molar-refractivity contribution is 0.247. The van der Waals surface area contributed by atoms with Crippen molar-refractivity contribution in [2.24, 2.45) is 0 Å². The second-order valence-electron chi connectivity index (χ2n) is 5.96. The molecule has 21 heavy (non-hydrogen) atoms. The fourth-order valence-corrected chi connectivity index (χ4v) is 3.34. The molecule has 1 unspecified atom stereocenters. The van der Waals surface area contributed by atoms with Gasteiger partial charge in [-0.3, -0.25) is 0 Å². The van der Waals surface area contributed by atoms with Crippen LogP contribution in [-0.4, -0.2) is 43.1 Å². The number of anilines is 1. The molecule has 0 radical (unpaired) electrons. The van der Waals surface area contributed by atoms with Crippen LogP contribution < -0.4 is 4.90 Å². The van der Waals surface area contributed by atoms with Gasteiger partial charge >= 0.3 is 0 Å². The largest absolute Gasteiger partial charge is 0.355 e. The molecular weight excluding hydrogens is 282 g/mol. The van der Waals surface area contributed by atoms with E-state index in [1.807, 2.05) is 0 Å². The van der Waals surface area contributed by atoms with Crippen molar-refractivity contribution in [2.45, 2.75) is 24.8 Å². The monoisotopic (exact) mass is 303 g/mol. The van der Waals surface area contributed by atoms with Crippen molar-refractivity contribution in [3.63, 3.8) is 0 Å². The fraction of sp³-hybridized carbons (Fsp3) is 0.471. The molecule has 0 amide bonds. The molecule has 0 bridgehead atoms. The second kappa shape index (κ2) is 6.20. The Hall–Kier alpha value is -1.32. The Morgan fingerprint density at radius 3 is 2.95 bits per heavy atom. The quantitative estimate of drug-likeness (QED) is 0.809. The van der Waals surface area contributed by atoms with Crippen molar-refractivity contribution < 1.29 is 0 Å². The Bertz CT molecular complexity index is 628. The summed E-state index contributed by atoms with van der Waals surface area (Å²) in [5, 5.41) is 2.43. The molecule has 4 heteroatoms. The van der Waals surface area contributed by atoms with E-state index >= 15 is 0 Å². The van der Waals surface area contributed by atoms with Crippen LogP contribution in [0.15, 0.2) is 30.3 Å². The third-order valence-corrected chi connectivity index (χ3v) is 4.67. The molecule has 0 aliphatic carbocycles. The van der Waals surface area contributed by atoms with Crippen molar-refractivity contribution in [2.75, 3.05) is 32.1 Å². The number of rotatable bonds is 3. The molecule has 3 rings (SSSR count). The Morgan fingerprint density at radius 2 is 2.19 bits per heavy atom. The number of pyridine rings is 1. The zero-order valence-corrected chi connectivity index (χ0v) is 13.5. The third kappa shape index (κ3) is 2.99. The minimum Gasteiger partial charge on any atom is -0.355 e. The molecule has 2 aromatic rings. The molecule has 1 aliphatic heterocycles. The Morgan fingerprint density at radius 1 is 1.38 bits per heavy atom. The van der Waals surface area contributed by atoms with E-state index in [2.05, 4.69) is 54.2 Å². The summed E-state index contributed by atoms with van der Waals surface area (Å²) < 4.78 is 0. The molecule has 0 saturated carbocycles. The Balaban J connectivity index is 2.01. The summed E-state index contributed by atoms with van der Waals surface area (Å²) in [6.45, 7) is 2.29. The summed E-state index contributed by atoms with van der Waals surface area (Å²) in [6, 6.07) is 11.0. The van der Waals surface area contributed by atoms with E-state index in [9.17, 15) is 0 Å². The molecule has 112 valence electrons. The van der Waals surface area contributed by atoms with E-state index < -0.39 is 0 Å². The molecule has 0 spiro atoms. The summed E-state index contributed by atoms with van der Waals surface area (Å²) >= 11 is 6.02. The van der Waals surface area contributed by atoms with Crippen LogP contribution in [0, 0.1) is 0 Å². The summed E-state index contributed by atoms with van der Waals surface area (Å²) in [5.41, 5.74) is 0.946. The number of likely N-dealkylation sites (tertiary alicyclic amines) is 1. The molecule has 3 nitrogen and oxygen atoms in total. The third-order valence-electron chi connectivity index (χ3n) is 4.39. The predicted molar refractivity (Wildman–Crippen MR) is 90.2 cm³/mol. The van der Waals surface area contributed by atoms with Crippen molar-refractivity contribution >= 4 is 28.2 Å². The fourth-order valence-electron chi connectivity index (χ4n) is 3.20. The van der Waals surface area contributed by atoms with Gasteiger partial charge in [0, 0.05) is 25.0 Å². The van der Waals surface area contributed by atoms with Crippen molar-refractivity contribution in [1.82, 2.24) is 9.88 Å². The van der Waals surface area contributed by atoms with Gasteiger partial charge in [0.05, 0.1) is 11.6 Å². The van der Waals surface area contributed by atoms with Crippen molar-refractivity contribution in [1.29, 1.82) is 0 Å². The van der Waals surface area contributed by atoms with Crippen LogP contribution in [0.2, 0.25) is 0 Å². The number of halogens is 1. The summed E-state index contributed by atoms with van der Waals surface area (Å²) in [6.07, 6.45) is 2.47. The van der Waals surface area contributed by atoms with E-state index in [-0.39, 0.29) is 0 Å². The predicted octanol–water partition coefficient (Wildman–Crippen LogP) is 3.50. The van der Waals surface area contributed by atoms with Gasteiger partial charge in [-0.05, 0) is 37.9 Å². The van der Waals surface area contributed by atoms with E-state index in [1.165, 1.54) is 30.2 Å². The van der Waals surface area contributed by atoms with E-state index in [0.29, 0.717) is 11.9 Å². The number of aromatic nitrogens is 1. The number of benzene rings is 1. The second-order valence-corrected chi connectivity index (χ2v) is 6.23. The Labute approximate surface area is 131 Å². The lowest BCUT2D eigenvalue weighted by Gasteiger charge is -2.37. The lowest BCUT2D eigenvalue weighted by atomic mass is 10.0. The molecule has 1 aromatic heterocycles. The van der Waals surface area contributed by atoms with Gasteiger partial charge in [-0.1, -0.05) is 24.3 Å². The molecule has 0 N–H and O–H groups in total. The highest BCUT2D eigenvalue weighted by molar-refractivity contribution is 6.17. The van der Waals surface area contributed by atoms with Crippen LogP contribution in [0.25, 0.3) is 10.8 Å². The van der Waals surface area contributed by atoms with E-state index in [0.717, 1.165) is 18.1 Å². The summed E-state index contributed by atoms with van der Waals surface area (Å²) in [4.78, 5) is 9.54. The molecular formula is C17H22ClN3. The first-order chi connectivity index (χ1) is 10.2. The minimum absolute atomic E-state index is 0.455. The van der Waals surface area contributed by atoms with Gasteiger partial charge in [0.25, 0.3) is 0 Å². The van der Waals surface area contributed by atoms with Gasteiger partial charge in [0.15, 0.2) is 0 Å². The van der Waals surface area contributed by atoms with Crippen LogP contribution in [0.1, 0.15) is 18.5 Å². The number of hydrogen-bond acceptors (Lipinski definition) is 3. The molecule has 1 saturated heterocycles. The summed E-state index contributed by atoms with van der Waals surface area (Å²) in [7, 11) is 4.36. The van der Waals surface area contributed by atoms with Gasteiger partial charge in [0.1, 0.15) is 5.82 Å². The molecule has 2 heterocycles. The number of fused-ring (bicyclic) bond motifs is 1. The van der Waals surface area contributed by atoms with Crippen molar-refractivity contribution in [3.05, 3.63) is 36.0 Å². The molecule has 1 atom stereocenters. The summed E-state index contributed by atoms with van der Waals surface area (Å²) in [5.74, 6) is 1.51. The van der Waals surface area contributed by atoms with Crippen LogP contribution in [0.4, 0.5) is 5.82 Å². The highest BCUT2D eigenvalue weighted by Gasteiger charge is 2.23. The van der Waals surface area contributed by atoms with Gasteiger partial charge in [0.2, 0.25) is 0 Å². The van der Waals surface area contributed by atoms with Crippen LogP contribution in [-0.2, 0) is 5.88 Å². The van der Waals surface area contributed by atoms with Gasteiger partial charge in [-0.2, -0.15) is 0 Å². The normalized spacial score (nSPS) is 19.9. The number of piperidine rings is 1. The topological polar surface area (TPSA) is 19.4 Å². The van der Waals surface area contributed by atoms with E-state index in [4.69, 9.17) is 16.6 Å². The maximum Gasteiger partial charge on any atom is 0.136 e. The van der Waals surface area contributed by atoms with Gasteiger partial charge < -0.3 is 9.80 Å². The lowest BCUT2D eigenvalue weighted by Crippen LogP contribution is -2.45. The number of nitrogens with zero attached hydrogens (tertiary/aromatic N) is 3. The molecule has 1 aromatic carbocycles. The Kier molecular flexibility index (Phi) is 4.32. The molecule has 1 aliphatic rings. The average Bonchev–Trinajstić information content (AvgIpc) is 2.53. The highest BCUT2D eigenvalue weighted by atomic mass is 35.5. The van der Waals surface area contributed by atoms with E-state index in [1.54, 1.807) is 0 Å². The zero-order valence-electron chi connectivity index (χ0n) is 12.7. The number of likely N-dealkylation sites (N-methyl/N-ethyl adjacent to an activating group) is 2.